The second kappa shape index (κ2) is 21.5. The molecule has 0 amide bonds. The van der Waals surface area contributed by atoms with Crippen LogP contribution in [0.15, 0.2) is 334 Å². The maximum Gasteiger partial charge on any atom is 0.160 e. The molecule has 19 aromatic rings. The summed E-state index contributed by atoms with van der Waals surface area (Å²) < 4.78 is 10.3. The van der Waals surface area contributed by atoms with Gasteiger partial charge in [0.05, 0.1) is 89.7 Å². The van der Waals surface area contributed by atoms with Gasteiger partial charge >= 0.3 is 0 Å². The topological polar surface area (TPSA) is 58.4 Å². The molecule has 94 heavy (non-hydrogen) atoms. The van der Waals surface area contributed by atoms with E-state index in [1.165, 1.54) is 0 Å². The first-order chi connectivity index (χ1) is 46.7. The summed E-state index contributed by atoms with van der Waals surface area (Å²) in [7, 11) is 0. The lowest BCUT2D eigenvalue weighted by Crippen LogP contribution is -2.17. The SMILES string of the molecule is c1ccc(-c2cc(-c3c(-c4cc(-c5ccccc5)nc(-c5ccccc5)n4)c(-n4c5ccccc5c5ccccc54)c(-n4c5ccccc5c5ccccc54)c(-n4c5ccccc5c5ccccc54)c3-n3c4ccccc4c4ccccc43)cc(-c3ccccc3)n2)cc1. The van der Waals surface area contributed by atoms with Crippen LogP contribution in [-0.2, 0) is 0 Å². The van der Waals surface area contributed by atoms with Crippen molar-refractivity contribution in [1.29, 1.82) is 0 Å². The minimum atomic E-state index is 0.601. The standard InChI is InChI=1S/C87H55N7/c1-5-29-56(30-6-1)69-53-60(54-70(88-69)57-31-7-2-8-32-57)81-82(72-55-71(58-33-9-3-10-34-58)89-87(90-72)59-35-11-4-12-36-59)84(92-75-47-23-15-39-63(75)64-40-16-24-48-76(64)92)86(94-79-51-27-19-43-67(79)68-44-20-28-52-80(68)94)85(93-77-49-25-17-41-65(77)66-42-18-26-50-78(66)93)83(81)91-73-45-21-13-37-61(73)62-38-14-22-46-74(62)91/h1-55H. The zero-order valence-corrected chi connectivity index (χ0v) is 50.9. The molecule has 0 N–H and O–H groups in total. The Morgan fingerprint density at radius 2 is 0.404 bits per heavy atom. The zero-order chi connectivity index (χ0) is 61.8. The Balaban J connectivity index is 1.19. The number of benzene rings is 13. The van der Waals surface area contributed by atoms with Gasteiger partial charge in [-0.05, 0) is 72.3 Å². The van der Waals surface area contributed by atoms with Crippen LogP contribution in [-0.4, -0.2) is 33.2 Å². The monoisotopic (exact) mass is 1200 g/mol. The second-order valence-electron chi connectivity index (χ2n) is 24.2. The molecule has 6 aromatic heterocycles. The molecule has 0 unspecified atom stereocenters. The Kier molecular flexibility index (Phi) is 12.1. The minimum Gasteiger partial charge on any atom is -0.306 e. The van der Waals surface area contributed by atoms with Crippen LogP contribution in [0.1, 0.15) is 0 Å². The molecule has 0 bridgehead atoms. The molecule has 438 valence electrons. The molecule has 6 heterocycles. The van der Waals surface area contributed by atoms with Crippen LogP contribution in [0.3, 0.4) is 0 Å². The summed E-state index contributed by atoms with van der Waals surface area (Å²) in [6.45, 7) is 0. The van der Waals surface area contributed by atoms with Gasteiger partial charge < -0.3 is 18.3 Å². The molecule has 0 aliphatic carbocycles. The summed E-state index contributed by atoms with van der Waals surface area (Å²) in [6, 6.07) is 121. The highest BCUT2D eigenvalue weighted by molar-refractivity contribution is 6.19. The van der Waals surface area contributed by atoms with Gasteiger partial charge in [-0.2, -0.15) is 0 Å². The van der Waals surface area contributed by atoms with Crippen molar-refractivity contribution in [3.8, 4) is 90.3 Å². The summed E-state index contributed by atoms with van der Waals surface area (Å²) in [4.78, 5) is 17.4. The van der Waals surface area contributed by atoms with Crippen LogP contribution < -0.4 is 0 Å². The van der Waals surface area contributed by atoms with Gasteiger partial charge in [-0.1, -0.05) is 267 Å². The van der Waals surface area contributed by atoms with Crippen LogP contribution in [0, 0.1) is 0 Å². The molecule has 0 aliphatic heterocycles. The van der Waals surface area contributed by atoms with E-state index >= 15 is 0 Å². The zero-order valence-electron chi connectivity index (χ0n) is 50.9. The van der Waals surface area contributed by atoms with Gasteiger partial charge in [-0.25, -0.2) is 15.0 Å². The van der Waals surface area contributed by atoms with Gasteiger partial charge in [0.2, 0.25) is 0 Å². The van der Waals surface area contributed by atoms with E-state index in [2.05, 4.69) is 352 Å². The predicted octanol–water partition coefficient (Wildman–Crippen LogP) is 22.3. The number of para-hydroxylation sites is 8. The van der Waals surface area contributed by atoms with E-state index < -0.39 is 0 Å². The van der Waals surface area contributed by atoms with Crippen molar-refractivity contribution < 1.29 is 0 Å². The number of hydrogen-bond acceptors (Lipinski definition) is 3. The highest BCUT2D eigenvalue weighted by Crippen LogP contribution is 2.55. The summed E-state index contributed by atoms with van der Waals surface area (Å²) in [5, 5.41) is 9.07. The van der Waals surface area contributed by atoms with Gasteiger partial charge in [-0.15, -0.1) is 0 Å². The van der Waals surface area contributed by atoms with Gasteiger partial charge in [0.15, 0.2) is 5.82 Å². The van der Waals surface area contributed by atoms with Crippen LogP contribution in [0.2, 0.25) is 0 Å². The van der Waals surface area contributed by atoms with Crippen molar-refractivity contribution in [2.75, 3.05) is 0 Å². The van der Waals surface area contributed by atoms with Crippen LogP contribution >= 0.6 is 0 Å². The minimum absolute atomic E-state index is 0.601. The highest BCUT2D eigenvalue weighted by atomic mass is 15.1. The van der Waals surface area contributed by atoms with Crippen molar-refractivity contribution in [2.24, 2.45) is 0 Å². The van der Waals surface area contributed by atoms with Crippen molar-refractivity contribution in [3.05, 3.63) is 334 Å². The molecule has 7 heteroatoms. The lowest BCUT2D eigenvalue weighted by molar-refractivity contribution is 1.02. The van der Waals surface area contributed by atoms with Crippen LogP contribution in [0.25, 0.3) is 178 Å². The number of nitrogens with zero attached hydrogens (tertiary/aromatic N) is 7. The Labute approximate surface area is 541 Å². The van der Waals surface area contributed by atoms with E-state index in [0.29, 0.717) is 5.82 Å². The predicted molar refractivity (Wildman–Crippen MR) is 390 cm³/mol. The van der Waals surface area contributed by atoms with Crippen molar-refractivity contribution in [1.82, 2.24) is 33.2 Å². The van der Waals surface area contributed by atoms with Gasteiger partial charge in [0.1, 0.15) is 0 Å². The third-order valence-corrected chi connectivity index (χ3v) is 18.9. The van der Waals surface area contributed by atoms with E-state index in [-0.39, 0.29) is 0 Å². The van der Waals surface area contributed by atoms with Crippen molar-refractivity contribution in [2.45, 2.75) is 0 Å². The van der Waals surface area contributed by atoms with E-state index in [9.17, 15) is 0 Å². The second-order valence-corrected chi connectivity index (χ2v) is 24.2. The Bertz CT molecular complexity index is 5500. The molecule has 0 aliphatic rings. The summed E-state index contributed by atoms with van der Waals surface area (Å²) in [5.41, 5.74) is 22.0. The Morgan fingerprint density at radius 1 is 0.170 bits per heavy atom. The van der Waals surface area contributed by atoms with E-state index in [0.717, 1.165) is 172 Å². The average Bonchev–Trinajstić information content (AvgIpc) is 1.39. The fourth-order valence-corrected chi connectivity index (χ4v) is 15.0. The largest absolute Gasteiger partial charge is 0.306 e. The molecule has 0 radical (unpaired) electrons. The normalized spacial score (nSPS) is 11.8. The molecule has 13 aromatic carbocycles. The molecule has 0 saturated carbocycles. The quantitative estimate of drug-likeness (QED) is 0.137. The van der Waals surface area contributed by atoms with Crippen molar-refractivity contribution in [3.63, 3.8) is 0 Å². The molecular weight excluding hydrogens is 1140 g/mol. The first kappa shape index (κ1) is 53.2. The van der Waals surface area contributed by atoms with Gasteiger partial charge in [0.25, 0.3) is 0 Å². The van der Waals surface area contributed by atoms with Crippen molar-refractivity contribution >= 4 is 87.2 Å². The Hall–Kier alpha value is -12.7. The maximum absolute atomic E-state index is 6.10. The van der Waals surface area contributed by atoms with E-state index in [1.54, 1.807) is 0 Å². The van der Waals surface area contributed by atoms with Crippen LogP contribution in [0.4, 0.5) is 0 Å². The van der Waals surface area contributed by atoms with Crippen LogP contribution in [0.5, 0.6) is 0 Å². The van der Waals surface area contributed by atoms with Gasteiger partial charge in [0, 0.05) is 76.5 Å². The smallest absolute Gasteiger partial charge is 0.160 e. The number of rotatable bonds is 10. The fourth-order valence-electron chi connectivity index (χ4n) is 15.0. The molecule has 0 spiro atoms. The summed E-state index contributed by atoms with van der Waals surface area (Å²) in [6.07, 6.45) is 0. The van der Waals surface area contributed by atoms with E-state index in [1.807, 2.05) is 0 Å². The number of fused-ring (bicyclic) bond motifs is 12. The molecular formula is C87H55N7. The average molecular weight is 1200 g/mol. The summed E-state index contributed by atoms with van der Waals surface area (Å²) in [5.74, 6) is 0.601. The highest BCUT2D eigenvalue weighted by Gasteiger charge is 2.37. The number of hydrogen-bond donors (Lipinski definition) is 0. The first-order valence-corrected chi connectivity index (χ1v) is 32.0. The van der Waals surface area contributed by atoms with E-state index in [4.69, 9.17) is 15.0 Å². The Morgan fingerprint density at radius 3 is 0.713 bits per heavy atom. The maximum atomic E-state index is 6.10. The third kappa shape index (κ3) is 8.21. The summed E-state index contributed by atoms with van der Waals surface area (Å²) >= 11 is 0. The number of aromatic nitrogens is 7. The first-order valence-electron chi connectivity index (χ1n) is 32.0. The lowest BCUT2D eigenvalue weighted by atomic mass is 9.88. The molecule has 0 atom stereocenters. The molecule has 0 saturated heterocycles. The molecule has 0 fully saturated rings. The third-order valence-electron chi connectivity index (χ3n) is 18.9. The lowest BCUT2D eigenvalue weighted by Gasteiger charge is -2.31. The van der Waals surface area contributed by atoms with Gasteiger partial charge in [-0.3, -0.25) is 0 Å². The molecule has 19 rings (SSSR count). The molecule has 7 nitrogen and oxygen atoms in total. The fraction of sp³-hybridized carbons (Fsp3) is 0. The number of pyridine rings is 1.